The zero-order chi connectivity index (χ0) is 10.8. The average molecular weight is 263 g/mol. The molecule has 0 aliphatic rings. The molecule has 0 unspecified atom stereocenters. The van der Waals surface area contributed by atoms with Gasteiger partial charge in [0, 0.05) is 28.7 Å². The SMILES string of the molecule is C=Cc1cnc2ccc(Br)cc2c1NC. The molecule has 1 heterocycles. The van der Waals surface area contributed by atoms with E-state index in [1.807, 2.05) is 25.4 Å². The normalized spacial score (nSPS) is 10.3. The van der Waals surface area contributed by atoms with E-state index < -0.39 is 0 Å². The highest BCUT2D eigenvalue weighted by Gasteiger charge is 2.05. The third kappa shape index (κ3) is 1.75. The Morgan fingerprint density at radius 2 is 2.27 bits per heavy atom. The van der Waals surface area contributed by atoms with Crippen LogP contribution >= 0.6 is 15.9 Å². The molecule has 2 aromatic rings. The summed E-state index contributed by atoms with van der Waals surface area (Å²) < 4.78 is 1.05. The predicted molar refractivity (Wildman–Crippen MR) is 69.1 cm³/mol. The van der Waals surface area contributed by atoms with Crippen molar-refractivity contribution in [2.45, 2.75) is 0 Å². The van der Waals surface area contributed by atoms with Crippen molar-refractivity contribution in [2.24, 2.45) is 0 Å². The van der Waals surface area contributed by atoms with Crippen molar-refractivity contribution in [2.75, 3.05) is 12.4 Å². The molecule has 1 N–H and O–H groups in total. The first-order valence-electron chi connectivity index (χ1n) is 4.64. The van der Waals surface area contributed by atoms with Gasteiger partial charge in [-0.3, -0.25) is 4.98 Å². The van der Waals surface area contributed by atoms with Crippen molar-refractivity contribution < 1.29 is 0 Å². The summed E-state index contributed by atoms with van der Waals surface area (Å²) in [6.45, 7) is 3.78. The van der Waals surface area contributed by atoms with Crippen LogP contribution in [0.4, 0.5) is 5.69 Å². The highest BCUT2D eigenvalue weighted by Crippen LogP contribution is 2.28. The maximum atomic E-state index is 4.37. The Labute approximate surface area is 97.2 Å². The minimum Gasteiger partial charge on any atom is -0.387 e. The summed E-state index contributed by atoms with van der Waals surface area (Å²) in [5.74, 6) is 0. The number of nitrogens with one attached hydrogen (secondary N) is 1. The van der Waals surface area contributed by atoms with E-state index in [2.05, 4.69) is 38.9 Å². The summed E-state index contributed by atoms with van der Waals surface area (Å²) in [4.78, 5) is 4.37. The molecule has 1 aromatic heterocycles. The lowest BCUT2D eigenvalue weighted by molar-refractivity contribution is 1.38. The second-order valence-electron chi connectivity index (χ2n) is 3.20. The molecule has 0 aliphatic carbocycles. The summed E-state index contributed by atoms with van der Waals surface area (Å²) in [6, 6.07) is 6.04. The maximum Gasteiger partial charge on any atom is 0.0724 e. The topological polar surface area (TPSA) is 24.9 Å². The molecule has 76 valence electrons. The minimum absolute atomic E-state index is 0.980. The van der Waals surface area contributed by atoms with Crippen LogP contribution in [0.5, 0.6) is 0 Å². The van der Waals surface area contributed by atoms with Crippen LogP contribution in [0.15, 0.2) is 35.4 Å². The van der Waals surface area contributed by atoms with E-state index in [-0.39, 0.29) is 0 Å². The fourth-order valence-corrected chi connectivity index (χ4v) is 1.98. The van der Waals surface area contributed by atoms with Crippen molar-refractivity contribution in [1.29, 1.82) is 0 Å². The van der Waals surface area contributed by atoms with Gasteiger partial charge in [0.2, 0.25) is 0 Å². The molecular formula is C12H11BrN2. The molecule has 2 nitrogen and oxygen atoms in total. The second kappa shape index (κ2) is 4.03. The average Bonchev–Trinajstić information content (AvgIpc) is 2.27. The Hall–Kier alpha value is -1.35. The number of pyridine rings is 1. The van der Waals surface area contributed by atoms with Gasteiger partial charge in [0.25, 0.3) is 0 Å². The molecule has 2 rings (SSSR count). The van der Waals surface area contributed by atoms with Gasteiger partial charge in [0.05, 0.1) is 11.2 Å². The monoisotopic (exact) mass is 262 g/mol. The standard InChI is InChI=1S/C12H11BrN2/c1-3-8-7-15-11-5-4-9(13)6-10(11)12(8)14-2/h3-7H,1H2,2H3,(H,14,15). The van der Waals surface area contributed by atoms with Gasteiger partial charge in [-0.05, 0) is 18.2 Å². The van der Waals surface area contributed by atoms with Crippen molar-refractivity contribution in [3.8, 4) is 0 Å². The highest BCUT2D eigenvalue weighted by molar-refractivity contribution is 9.10. The predicted octanol–water partition coefficient (Wildman–Crippen LogP) is 3.68. The van der Waals surface area contributed by atoms with Gasteiger partial charge in [-0.2, -0.15) is 0 Å². The Morgan fingerprint density at radius 1 is 1.47 bits per heavy atom. The molecule has 0 fully saturated rings. The molecular weight excluding hydrogens is 252 g/mol. The van der Waals surface area contributed by atoms with Gasteiger partial charge in [0.15, 0.2) is 0 Å². The third-order valence-corrected chi connectivity index (χ3v) is 2.82. The van der Waals surface area contributed by atoms with E-state index in [9.17, 15) is 0 Å². The molecule has 0 amide bonds. The van der Waals surface area contributed by atoms with Crippen LogP contribution < -0.4 is 5.32 Å². The number of nitrogens with zero attached hydrogens (tertiary/aromatic N) is 1. The molecule has 0 spiro atoms. The third-order valence-electron chi connectivity index (χ3n) is 2.33. The summed E-state index contributed by atoms with van der Waals surface area (Å²) in [5, 5.41) is 4.29. The van der Waals surface area contributed by atoms with Gasteiger partial charge < -0.3 is 5.32 Å². The van der Waals surface area contributed by atoms with Crippen LogP contribution in [0.3, 0.4) is 0 Å². The summed E-state index contributed by atoms with van der Waals surface area (Å²) in [6.07, 6.45) is 3.63. The Morgan fingerprint density at radius 3 is 2.93 bits per heavy atom. The fraction of sp³-hybridized carbons (Fsp3) is 0.0833. The second-order valence-corrected chi connectivity index (χ2v) is 4.12. The number of halogens is 1. The van der Waals surface area contributed by atoms with Crippen molar-refractivity contribution in [1.82, 2.24) is 4.98 Å². The number of hydrogen-bond acceptors (Lipinski definition) is 2. The number of fused-ring (bicyclic) bond motifs is 1. The molecule has 0 saturated carbocycles. The summed E-state index contributed by atoms with van der Waals surface area (Å²) in [5.41, 5.74) is 3.06. The number of benzene rings is 1. The fourth-order valence-electron chi connectivity index (χ4n) is 1.61. The van der Waals surface area contributed by atoms with Gasteiger partial charge in [-0.15, -0.1) is 0 Å². The van der Waals surface area contributed by atoms with Gasteiger partial charge in [-0.25, -0.2) is 0 Å². The number of rotatable bonds is 2. The lowest BCUT2D eigenvalue weighted by atomic mass is 10.1. The van der Waals surface area contributed by atoms with Crippen LogP contribution in [0.2, 0.25) is 0 Å². The first kappa shape index (κ1) is 10.2. The maximum absolute atomic E-state index is 4.37. The van der Waals surface area contributed by atoms with Crippen LogP contribution in [0, 0.1) is 0 Å². The van der Waals surface area contributed by atoms with Crippen molar-refractivity contribution in [3.05, 3.63) is 41.0 Å². The molecule has 15 heavy (non-hydrogen) atoms. The molecule has 0 radical (unpaired) electrons. The van der Waals surface area contributed by atoms with Gasteiger partial charge >= 0.3 is 0 Å². The molecule has 1 aromatic carbocycles. The Kier molecular flexibility index (Phi) is 2.73. The molecule has 0 bridgehead atoms. The highest BCUT2D eigenvalue weighted by atomic mass is 79.9. The van der Waals surface area contributed by atoms with Crippen LogP contribution in [-0.4, -0.2) is 12.0 Å². The summed E-state index contributed by atoms with van der Waals surface area (Å²) >= 11 is 3.46. The molecule has 3 heteroatoms. The number of hydrogen-bond donors (Lipinski definition) is 1. The van der Waals surface area contributed by atoms with E-state index in [0.29, 0.717) is 0 Å². The first-order chi connectivity index (χ1) is 7.26. The summed E-state index contributed by atoms with van der Waals surface area (Å²) in [7, 11) is 1.91. The molecule has 0 saturated heterocycles. The van der Waals surface area contributed by atoms with E-state index in [0.717, 1.165) is 26.6 Å². The number of aromatic nitrogens is 1. The Bertz CT molecular complexity index is 520. The zero-order valence-corrected chi connectivity index (χ0v) is 10.0. The van der Waals surface area contributed by atoms with Crippen LogP contribution in [0.25, 0.3) is 17.0 Å². The van der Waals surface area contributed by atoms with Crippen LogP contribution in [-0.2, 0) is 0 Å². The largest absolute Gasteiger partial charge is 0.387 e. The van der Waals surface area contributed by atoms with E-state index >= 15 is 0 Å². The number of anilines is 1. The van der Waals surface area contributed by atoms with Gasteiger partial charge in [0.1, 0.15) is 0 Å². The zero-order valence-electron chi connectivity index (χ0n) is 8.42. The minimum atomic E-state index is 0.980. The lowest BCUT2D eigenvalue weighted by Crippen LogP contribution is -1.94. The Balaban J connectivity index is 2.84. The quantitative estimate of drug-likeness (QED) is 0.893. The van der Waals surface area contributed by atoms with Crippen LogP contribution in [0.1, 0.15) is 5.56 Å². The lowest BCUT2D eigenvalue weighted by Gasteiger charge is -2.09. The molecule has 0 aliphatic heterocycles. The molecule has 0 atom stereocenters. The van der Waals surface area contributed by atoms with Gasteiger partial charge in [-0.1, -0.05) is 28.6 Å². The van der Waals surface area contributed by atoms with Crippen molar-refractivity contribution >= 4 is 38.6 Å². The van der Waals surface area contributed by atoms with E-state index in [1.54, 1.807) is 6.08 Å². The smallest absolute Gasteiger partial charge is 0.0724 e. The van der Waals surface area contributed by atoms with Crippen molar-refractivity contribution in [3.63, 3.8) is 0 Å². The first-order valence-corrected chi connectivity index (χ1v) is 5.44. The van der Waals surface area contributed by atoms with E-state index in [4.69, 9.17) is 0 Å². The van der Waals surface area contributed by atoms with E-state index in [1.165, 1.54) is 0 Å².